The Morgan fingerprint density at radius 3 is 1.98 bits per heavy atom. The van der Waals surface area contributed by atoms with Crippen molar-refractivity contribution in [3.63, 3.8) is 0 Å². The molecular formula is C36H38N8O. The summed E-state index contributed by atoms with van der Waals surface area (Å²) in [5.41, 5.74) is 12.0. The zero-order valence-corrected chi connectivity index (χ0v) is 25.6. The molecule has 1 amide bonds. The summed E-state index contributed by atoms with van der Waals surface area (Å²) in [7, 11) is 0. The van der Waals surface area contributed by atoms with Crippen LogP contribution in [0.25, 0.3) is 32.7 Å². The number of aromatic amines is 3. The molecule has 0 aliphatic rings. The fourth-order valence-electron chi connectivity index (χ4n) is 6.34. The van der Waals surface area contributed by atoms with Crippen molar-refractivity contribution in [2.45, 2.75) is 51.1 Å². The number of nitrogens with one attached hydrogen (secondary N) is 4. The van der Waals surface area contributed by atoms with Crippen LogP contribution >= 0.6 is 0 Å². The first kappa shape index (κ1) is 28.6. The maximum Gasteiger partial charge on any atom is 0.239 e. The fraction of sp³-hybridized carbons (Fsp3) is 0.250. The minimum absolute atomic E-state index is 0.211. The van der Waals surface area contributed by atoms with E-state index in [1.54, 1.807) is 13.8 Å². The van der Waals surface area contributed by atoms with Gasteiger partial charge in [0.15, 0.2) is 0 Å². The molecule has 9 heteroatoms. The Morgan fingerprint density at radius 2 is 1.33 bits per heavy atom. The third kappa shape index (κ3) is 5.62. The lowest BCUT2D eigenvalue weighted by Gasteiger charge is -2.22. The minimum Gasteiger partial charge on any atom is -0.361 e. The van der Waals surface area contributed by atoms with E-state index >= 15 is 0 Å². The molecule has 7 aromatic rings. The van der Waals surface area contributed by atoms with Gasteiger partial charge in [0.05, 0.1) is 11.5 Å². The summed E-state index contributed by atoms with van der Waals surface area (Å²) in [6, 6.07) is 25.0. The monoisotopic (exact) mass is 598 g/mol. The van der Waals surface area contributed by atoms with E-state index in [1.165, 1.54) is 21.9 Å². The molecule has 9 nitrogen and oxygen atoms in total. The first-order chi connectivity index (χ1) is 21.9. The van der Waals surface area contributed by atoms with E-state index in [0.717, 1.165) is 58.4 Å². The van der Waals surface area contributed by atoms with E-state index in [-0.39, 0.29) is 11.8 Å². The van der Waals surface area contributed by atoms with Crippen LogP contribution in [0.5, 0.6) is 0 Å². The van der Waals surface area contributed by atoms with Gasteiger partial charge in [-0.25, -0.2) is 0 Å². The molecule has 6 N–H and O–H groups in total. The van der Waals surface area contributed by atoms with E-state index in [1.807, 2.05) is 30.5 Å². The number of aromatic nitrogens is 6. The van der Waals surface area contributed by atoms with E-state index in [2.05, 4.69) is 85.8 Å². The first-order valence-corrected chi connectivity index (χ1v) is 15.5. The SMILES string of the molecule is CC(C)(N)C(=O)NCC(c1c[nH]c2ccccc12)c1nnc(CCc2c[nH]c3ccccc23)n1CCc1c[nH]c2ccccc12. The Bertz CT molecular complexity index is 2100. The van der Waals surface area contributed by atoms with Gasteiger partial charge in [-0.3, -0.25) is 4.79 Å². The second kappa shape index (κ2) is 11.7. The Morgan fingerprint density at radius 1 is 0.778 bits per heavy atom. The zero-order chi connectivity index (χ0) is 31.0. The van der Waals surface area contributed by atoms with Gasteiger partial charge in [0.1, 0.15) is 11.6 Å². The normalized spacial score (nSPS) is 12.8. The van der Waals surface area contributed by atoms with Gasteiger partial charge in [-0.15, -0.1) is 10.2 Å². The van der Waals surface area contributed by atoms with Gasteiger partial charge in [-0.05, 0) is 61.6 Å². The molecule has 0 radical (unpaired) electrons. The number of aryl methyl sites for hydroxylation is 3. The Kier molecular flexibility index (Phi) is 7.47. The number of nitrogens with zero attached hydrogens (tertiary/aromatic N) is 3. The molecule has 4 aromatic heterocycles. The number of amides is 1. The van der Waals surface area contributed by atoms with E-state index in [4.69, 9.17) is 15.9 Å². The number of carbonyl (C=O) groups is 1. The summed E-state index contributed by atoms with van der Waals surface area (Å²) in [5.74, 6) is 1.29. The molecule has 7 rings (SSSR count). The third-order valence-electron chi connectivity index (χ3n) is 8.79. The lowest BCUT2D eigenvalue weighted by Crippen LogP contribution is -2.50. The molecule has 228 valence electrons. The molecule has 1 unspecified atom stereocenters. The minimum atomic E-state index is -1.00. The van der Waals surface area contributed by atoms with Crippen LogP contribution in [0.1, 0.15) is 48.1 Å². The smallest absolute Gasteiger partial charge is 0.239 e. The van der Waals surface area contributed by atoms with Crippen molar-refractivity contribution in [2.24, 2.45) is 5.73 Å². The lowest BCUT2D eigenvalue weighted by atomic mass is 9.96. The third-order valence-corrected chi connectivity index (χ3v) is 8.79. The van der Waals surface area contributed by atoms with Gasteiger partial charge in [0, 0.05) is 70.8 Å². The van der Waals surface area contributed by atoms with Crippen LogP contribution in [0.2, 0.25) is 0 Å². The molecule has 3 aromatic carbocycles. The van der Waals surface area contributed by atoms with Crippen LogP contribution in [0.3, 0.4) is 0 Å². The van der Waals surface area contributed by atoms with Gasteiger partial charge < -0.3 is 30.6 Å². The summed E-state index contributed by atoms with van der Waals surface area (Å²) in [6.45, 7) is 4.47. The summed E-state index contributed by atoms with van der Waals surface area (Å²) >= 11 is 0. The molecule has 45 heavy (non-hydrogen) atoms. The molecule has 0 fully saturated rings. The van der Waals surface area contributed by atoms with Crippen molar-refractivity contribution in [1.29, 1.82) is 0 Å². The number of para-hydroxylation sites is 3. The highest BCUT2D eigenvalue weighted by Gasteiger charge is 2.29. The van der Waals surface area contributed by atoms with Crippen molar-refractivity contribution in [1.82, 2.24) is 35.0 Å². The van der Waals surface area contributed by atoms with Gasteiger partial charge in [0.25, 0.3) is 0 Å². The molecule has 4 heterocycles. The number of nitrogens with two attached hydrogens (primary N) is 1. The van der Waals surface area contributed by atoms with E-state index < -0.39 is 5.54 Å². The Labute approximate surface area is 261 Å². The van der Waals surface area contributed by atoms with Gasteiger partial charge in [-0.1, -0.05) is 54.6 Å². The summed E-state index contributed by atoms with van der Waals surface area (Å²) in [6.07, 6.45) is 8.58. The van der Waals surface area contributed by atoms with Crippen LogP contribution < -0.4 is 11.1 Å². The van der Waals surface area contributed by atoms with Crippen LogP contribution in [-0.2, 0) is 30.6 Å². The zero-order valence-electron chi connectivity index (χ0n) is 25.6. The standard InChI is InChI=1S/C36H38N8O/c1-36(2,37)35(45)41-22-29(28-21-40-32-14-8-5-11-27(28)32)34-43-42-33(16-15-23-19-38-30-12-6-3-9-25(23)30)44(34)18-17-24-20-39-31-13-7-4-10-26(24)31/h3-14,19-21,29,38-40H,15-18,22,37H2,1-2H3,(H,41,45). The maximum absolute atomic E-state index is 13.0. The molecule has 0 saturated heterocycles. The molecule has 0 bridgehead atoms. The highest BCUT2D eigenvalue weighted by Crippen LogP contribution is 2.31. The molecule has 0 saturated carbocycles. The van der Waals surface area contributed by atoms with Crippen molar-refractivity contribution in [3.8, 4) is 0 Å². The second-order valence-corrected chi connectivity index (χ2v) is 12.4. The Balaban J connectivity index is 1.27. The van der Waals surface area contributed by atoms with Crippen LogP contribution in [-0.4, -0.2) is 47.7 Å². The van der Waals surface area contributed by atoms with Gasteiger partial charge >= 0.3 is 0 Å². The van der Waals surface area contributed by atoms with Crippen LogP contribution in [0, 0.1) is 0 Å². The van der Waals surface area contributed by atoms with Gasteiger partial charge in [0.2, 0.25) is 5.91 Å². The number of hydrogen-bond acceptors (Lipinski definition) is 4. The number of H-pyrrole nitrogens is 3. The number of rotatable bonds is 11. The van der Waals surface area contributed by atoms with Crippen molar-refractivity contribution < 1.29 is 4.79 Å². The predicted molar refractivity (Wildman–Crippen MR) is 179 cm³/mol. The summed E-state index contributed by atoms with van der Waals surface area (Å²) in [5, 5.41) is 16.3. The fourth-order valence-corrected chi connectivity index (χ4v) is 6.34. The lowest BCUT2D eigenvalue weighted by molar-refractivity contribution is -0.125. The number of carbonyl (C=O) groups excluding carboxylic acids is 1. The molecule has 1 atom stereocenters. The maximum atomic E-state index is 13.0. The van der Waals surface area contributed by atoms with Crippen LogP contribution in [0.15, 0.2) is 91.4 Å². The van der Waals surface area contributed by atoms with Crippen molar-refractivity contribution in [3.05, 3.63) is 120 Å². The average Bonchev–Trinajstić information content (AvgIpc) is 3.84. The summed E-state index contributed by atoms with van der Waals surface area (Å²) < 4.78 is 2.27. The Hall–Kier alpha value is -5.15. The molecular weight excluding hydrogens is 560 g/mol. The highest BCUT2D eigenvalue weighted by atomic mass is 16.2. The largest absolute Gasteiger partial charge is 0.361 e. The number of fused-ring (bicyclic) bond motifs is 3. The second-order valence-electron chi connectivity index (χ2n) is 12.4. The van der Waals surface area contributed by atoms with E-state index in [9.17, 15) is 4.79 Å². The molecule has 0 spiro atoms. The number of hydrogen-bond donors (Lipinski definition) is 5. The average molecular weight is 599 g/mol. The van der Waals surface area contributed by atoms with Crippen LogP contribution in [0.4, 0.5) is 0 Å². The van der Waals surface area contributed by atoms with Crippen molar-refractivity contribution in [2.75, 3.05) is 6.54 Å². The quantitative estimate of drug-likeness (QED) is 0.130. The first-order valence-electron chi connectivity index (χ1n) is 15.5. The predicted octanol–water partition coefficient (Wildman–Crippen LogP) is 5.74. The van der Waals surface area contributed by atoms with Crippen molar-refractivity contribution >= 4 is 38.6 Å². The highest BCUT2D eigenvalue weighted by molar-refractivity contribution is 5.86. The van der Waals surface area contributed by atoms with Gasteiger partial charge in [-0.2, -0.15) is 0 Å². The molecule has 0 aliphatic heterocycles. The molecule has 0 aliphatic carbocycles. The number of benzene rings is 3. The topological polar surface area (TPSA) is 133 Å². The van der Waals surface area contributed by atoms with E-state index in [0.29, 0.717) is 13.1 Å². The summed E-state index contributed by atoms with van der Waals surface area (Å²) in [4.78, 5) is 23.2.